The number of anilines is 2. The molecule has 110 valence electrons. The van der Waals surface area contributed by atoms with Crippen LogP contribution in [0.1, 0.15) is 45.4 Å². The topological polar surface area (TPSA) is 60.2 Å². The van der Waals surface area contributed by atoms with E-state index in [1.807, 2.05) is 12.1 Å². The summed E-state index contributed by atoms with van der Waals surface area (Å²) in [5.41, 5.74) is 6.56. The largest absolute Gasteiger partial charge is 0.476 e. The number of ether oxygens (including phenoxy) is 1. The van der Waals surface area contributed by atoms with Gasteiger partial charge in [-0.1, -0.05) is 12.8 Å². The van der Waals surface area contributed by atoms with Crippen molar-refractivity contribution in [1.82, 2.24) is 4.98 Å². The Labute approximate surface area is 121 Å². The zero-order valence-corrected chi connectivity index (χ0v) is 12.3. The van der Waals surface area contributed by atoms with Crippen LogP contribution in [0, 0.1) is 11.8 Å². The summed E-state index contributed by atoms with van der Waals surface area (Å²) in [5.74, 6) is 2.94. The average Bonchev–Trinajstić information content (AvgIpc) is 3.10. The number of nitrogens with zero attached hydrogens (tertiary/aromatic N) is 1. The Morgan fingerprint density at radius 2 is 2.05 bits per heavy atom. The summed E-state index contributed by atoms with van der Waals surface area (Å²) in [5, 5.41) is 3.51. The fourth-order valence-corrected chi connectivity index (χ4v) is 2.94. The van der Waals surface area contributed by atoms with E-state index in [1.165, 1.54) is 38.5 Å². The summed E-state index contributed by atoms with van der Waals surface area (Å²) in [6.45, 7) is 3.00. The minimum Gasteiger partial charge on any atom is -0.476 e. The lowest BCUT2D eigenvalue weighted by molar-refractivity contribution is 0.290. The molecule has 1 aromatic heterocycles. The minimum absolute atomic E-state index is 0.463. The van der Waals surface area contributed by atoms with Gasteiger partial charge in [-0.3, -0.25) is 0 Å². The summed E-state index contributed by atoms with van der Waals surface area (Å²) in [6, 6.07) is 4.30. The molecular formula is C16H25N3O. The van der Waals surface area contributed by atoms with Gasteiger partial charge < -0.3 is 15.8 Å². The molecule has 0 radical (unpaired) electrons. The lowest BCUT2D eigenvalue weighted by Gasteiger charge is -2.21. The fraction of sp³-hybridized carbons (Fsp3) is 0.688. The van der Waals surface area contributed by atoms with Crippen LogP contribution in [-0.4, -0.2) is 17.6 Å². The summed E-state index contributed by atoms with van der Waals surface area (Å²) >= 11 is 0. The zero-order chi connectivity index (χ0) is 13.9. The highest BCUT2D eigenvalue weighted by molar-refractivity contribution is 5.53. The zero-order valence-electron chi connectivity index (χ0n) is 12.3. The first kappa shape index (κ1) is 13.5. The summed E-state index contributed by atoms with van der Waals surface area (Å²) < 4.78 is 5.73. The number of nitrogens with two attached hydrogens (primary N) is 1. The normalized spacial score (nSPS) is 20.9. The molecule has 1 unspecified atom stereocenters. The maximum absolute atomic E-state index is 5.93. The first-order valence-corrected chi connectivity index (χ1v) is 7.88. The Morgan fingerprint density at radius 1 is 1.30 bits per heavy atom. The summed E-state index contributed by atoms with van der Waals surface area (Å²) in [4.78, 5) is 4.53. The minimum atomic E-state index is 0.463. The van der Waals surface area contributed by atoms with E-state index in [-0.39, 0.29) is 0 Å². The molecule has 20 heavy (non-hydrogen) atoms. The highest BCUT2D eigenvalue weighted by Gasteiger charge is 2.23. The molecule has 1 heterocycles. The number of rotatable bonds is 6. The molecule has 1 atom stereocenters. The quantitative estimate of drug-likeness (QED) is 0.835. The fourth-order valence-electron chi connectivity index (χ4n) is 2.94. The Morgan fingerprint density at radius 3 is 2.75 bits per heavy atom. The van der Waals surface area contributed by atoms with Gasteiger partial charge in [-0.2, -0.15) is 4.98 Å². The molecule has 1 aromatic rings. The van der Waals surface area contributed by atoms with Crippen LogP contribution >= 0.6 is 0 Å². The van der Waals surface area contributed by atoms with Crippen molar-refractivity contribution in [3.8, 4) is 5.88 Å². The Kier molecular flexibility index (Phi) is 3.99. The summed E-state index contributed by atoms with van der Waals surface area (Å²) in [7, 11) is 0. The lowest BCUT2D eigenvalue weighted by Crippen LogP contribution is -2.24. The van der Waals surface area contributed by atoms with E-state index < -0.39 is 0 Å². The van der Waals surface area contributed by atoms with Crippen LogP contribution in [0.5, 0.6) is 5.88 Å². The predicted octanol–water partition coefficient (Wildman–Crippen LogP) is 3.44. The monoisotopic (exact) mass is 275 g/mol. The first-order valence-electron chi connectivity index (χ1n) is 7.88. The van der Waals surface area contributed by atoms with Gasteiger partial charge in [-0.05, 0) is 56.6 Å². The van der Waals surface area contributed by atoms with Gasteiger partial charge in [0.05, 0.1) is 12.3 Å². The average molecular weight is 275 g/mol. The standard InChI is InChI=1S/C16H25N3O/c1-11(13-4-2-3-5-13)18-15-9-8-14(17)16(19-15)20-10-12-6-7-12/h8-9,11-13H,2-7,10,17H2,1H3,(H,18,19). The van der Waals surface area contributed by atoms with E-state index in [9.17, 15) is 0 Å². The van der Waals surface area contributed by atoms with Gasteiger partial charge in [0.25, 0.3) is 0 Å². The second-order valence-corrected chi connectivity index (χ2v) is 6.32. The molecule has 4 heteroatoms. The van der Waals surface area contributed by atoms with Crippen LogP contribution in [-0.2, 0) is 0 Å². The van der Waals surface area contributed by atoms with Crippen molar-refractivity contribution in [2.24, 2.45) is 11.8 Å². The SMILES string of the molecule is CC(Nc1ccc(N)c(OCC2CC2)n1)C1CCCC1. The van der Waals surface area contributed by atoms with E-state index in [2.05, 4.69) is 17.2 Å². The lowest BCUT2D eigenvalue weighted by atomic mass is 10.00. The first-order chi connectivity index (χ1) is 9.72. The molecule has 0 spiro atoms. The molecule has 2 saturated carbocycles. The smallest absolute Gasteiger partial charge is 0.239 e. The molecule has 2 aliphatic rings. The number of hydrogen-bond acceptors (Lipinski definition) is 4. The van der Waals surface area contributed by atoms with Crippen LogP contribution < -0.4 is 15.8 Å². The van der Waals surface area contributed by atoms with E-state index in [0.717, 1.165) is 18.3 Å². The molecule has 0 saturated heterocycles. The maximum Gasteiger partial charge on any atom is 0.239 e. The second-order valence-electron chi connectivity index (χ2n) is 6.32. The number of nitrogens with one attached hydrogen (secondary N) is 1. The van der Waals surface area contributed by atoms with Gasteiger partial charge in [-0.15, -0.1) is 0 Å². The van der Waals surface area contributed by atoms with Crippen molar-refractivity contribution in [3.63, 3.8) is 0 Å². The Hall–Kier alpha value is -1.45. The van der Waals surface area contributed by atoms with Crippen LogP contribution in [0.2, 0.25) is 0 Å². The molecule has 2 fully saturated rings. The predicted molar refractivity (Wildman–Crippen MR) is 81.9 cm³/mol. The third-order valence-corrected chi connectivity index (χ3v) is 4.52. The van der Waals surface area contributed by atoms with Crippen molar-refractivity contribution in [3.05, 3.63) is 12.1 Å². The Bertz CT molecular complexity index is 453. The molecule has 0 bridgehead atoms. The highest BCUT2D eigenvalue weighted by Crippen LogP contribution is 2.32. The second kappa shape index (κ2) is 5.90. The third-order valence-electron chi connectivity index (χ3n) is 4.52. The molecule has 0 aromatic carbocycles. The molecule has 3 N–H and O–H groups in total. The van der Waals surface area contributed by atoms with Crippen LogP contribution in [0.4, 0.5) is 11.5 Å². The van der Waals surface area contributed by atoms with E-state index in [0.29, 0.717) is 23.5 Å². The van der Waals surface area contributed by atoms with Crippen molar-refractivity contribution in [2.45, 2.75) is 51.5 Å². The van der Waals surface area contributed by atoms with E-state index in [4.69, 9.17) is 10.5 Å². The number of nitrogen functional groups attached to an aromatic ring is 1. The van der Waals surface area contributed by atoms with Gasteiger partial charge in [0.2, 0.25) is 5.88 Å². The van der Waals surface area contributed by atoms with Gasteiger partial charge in [0.15, 0.2) is 0 Å². The number of hydrogen-bond donors (Lipinski definition) is 2. The molecule has 2 aliphatic carbocycles. The Balaban J connectivity index is 1.61. The van der Waals surface area contributed by atoms with Crippen molar-refractivity contribution >= 4 is 11.5 Å². The number of pyridine rings is 1. The van der Waals surface area contributed by atoms with E-state index in [1.54, 1.807) is 0 Å². The maximum atomic E-state index is 5.93. The molecule has 0 amide bonds. The molecular weight excluding hydrogens is 250 g/mol. The van der Waals surface area contributed by atoms with Crippen molar-refractivity contribution in [1.29, 1.82) is 0 Å². The summed E-state index contributed by atoms with van der Waals surface area (Å²) in [6.07, 6.45) is 7.93. The highest BCUT2D eigenvalue weighted by atomic mass is 16.5. The van der Waals surface area contributed by atoms with Gasteiger partial charge in [0, 0.05) is 6.04 Å². The number of aromatic nitrogens is 1. The van der Waals surface area contributed by atoms with Gasteiger partial charge >= 0.3 is 0 Å². The van der Waals surface area contributed by atoms with E-state index >= 15 is 0 Å². The molecule has 4 nitrogen and oxygen atoms in total. The van der Waals surface area contributed by atoms with Crippen LogP contribution in [0.3, 0.4) is 0 Å². The molecule has 3 rings (SSSR count). The van der Waals surface area contributed by atoms with Gasteiger partial charge in [-0.25, -0.2) is 0 Å². The molecule has 0 aliphatic heterocycles. The van der Waals surface area contributed by atoms with Crippen LogP contribution in [0.25, 0.3) is 0 Å². The van der Waals surface area contributed by atoms with Crippen molar-refractivity contribution in [2.75, 3.05) is 17.7 Å². The van der Waals surface area contributed by atoms with Crippen LogP contribution in [0.15, 0.2) is 12.1 Å². The third kappa shape index (κ3) is 3.35. The van der Waals surface area contributed by atoms with Crippen molar-refractivity contribution < 1.29 is 4.74 Å². The van der Waals surface area contributed by atoms with Gasteiger partial charge in [0.1, 0.15) is 5.82 Å².